The van der Waals surface area contributed by atoms with Crippen molar-refractivity contribution in [2.75, 3.05) is 11.9 Å². The number of nitrogens with one attached hydrogen (secondary N) is 2. The van der Waals surface area contributed by atoms with E-state index in [0.29, 0.717) is 18.0 Å². The predicted molar refractivity (Wildman–Crippen MR) is 74.6 cm³/mol. The Hall–Kier alpha value is -2.27. The van der Waals surface area contributed by atoms with Crippen LogP contribution in [0.15, 0.2) is 16.6 Å². The zero-order valence-electron chi connectivity index (χ0n) is 10.5. The van der Waals surface area contributed by atoms with Gasteiger partial charge in [0.2, 0.25) is 5.91 Å². The molecule has 0 aliphatic rings. The minimum absolute atomic E-state index is 0.241. The first-order chi connectivity index (χ1) is 9.49. The van der Waals surface area contributed by atoms with Crippen LogP contribution in [0.25, 0.3) is 0 Å². The maximum Gasteiger partial charge on any atom is 0.251 e. The fraction of sp³-hybridized carbons (Fsp3) is 0.444. The quantitative estimate of drug-likeness (QED) is 0.170. The third-order valence-corrected chi connectivity index (χ3v) is 2.85. The van der Waals surface area contributed by atoms with E-state index in [0.717, 1.165) is 0 Å². The summed E-state index contributed by atoms with van der Waals surface area (Å²) in [4.78, 5) is 29.3. The summed E-state index contributed by atoms with van der Waals surface area (Å²) in [6.45, 7) is 0.241. The van der Waals surface area contributed by atoms with Gasteiger partial charge in [-0.2, -0.15) is 0 Å². The van der Waals surface area contributed by atoms with Gasteiger partial charge < -0.3 is 16.8 Å². The van der Waals surface area contributed by atoms with E-state index < -0.39 is 11.1 Å². The van der Waals surface area contributed by atoms with Gasteiger partial charge in [-0.3, -0.25) is 4.79 Å². The van der Waals surface area contributed by atoms with Gasteiger partial charge in [0.1, 0.15) is 0 Å². The van der Waals surface area contributed by atoms with Crippen LogP contribution >= 0.6 is 11.3 Å². The number of aromatic nitrogens is 1. The number of hydrogen-bond acceptors (Lipinski definition) is 7. The predicted octanol–water partition coefficient (Wildman–Crippen LogP) is -0.715. The Kier molecular flexibility index (Phi) is 6.32. The van der Waals surface area contributed by atoms with E-state index >= 15 is 0 Å². The molecule has 0 radical (unpaired) electrons. The highest BCUT2D eigenvalue weighted by atomic mass is 32.1. The molecule has 1 aromatic heterocycles. The number of hydrazine groups is 1. The van der Waals surface area contributed by atoms with Gasteiger partial charge in [0, 0.05) is 18.1 Å². The van der Waals surface area contributed by atoms with Gasteiger partial charge in [-0.1, -0.05) is 5.43 Å². The largest absolute Gasteiger partial charge is 0.365 e. The lowest BCUT2D eigenvalue weighted by molar-refractivity contribution is -0.525. The first-order valence-corrected chi connectivity index (χ1v) is 6.54. The van der Waals surface area contributed by atoms with Crippen molar-refractivity contribution in [2.45, 2.75) is 18.9 Å². The molecule has 11 heteroatoms. The molecule has 10 nitrogen and oxygen atoms in total. The van der Waals surface area contributed by atoms with Crippen molar-refractivity contribution >= 4 is 28.3 Å². The zero-order valence-corrected chi connectivity index (χ0v) is 11.3. The number of rotatable bonds is 7. The van der Waals surface area contributed by atoms with Crippen LogP contribution in [0, 0.1) is 10.1 Å². The lowest BCUT2D eigenvalue weighted by Gasteiger charge is -2.09. The monoisotopic (exact) mass is 301 g/mol. The van der Waals surface area contributed by atoms with E-state index in [1.165, 1.54) is 11.3 Å². The Morgan fingerprint density at radius 3 is 3.00 bits per heavy atom. The fourth-order valence-electron chi connectivity index (χ4n) is 1.25. The van der Waals surface area contributed by atoms with Crippen LogP contribution in [0.3, 0.4) is 0 Å². The summed E-state index contributed by atoms with van der Waals surface area (Å²) >= 11 is 1.30. The standard InChI is InChI=1S/C9H15N7O3S/c10-6(7(17)14-9-13-4-5-20-9)2-1-3-12-8(11)15-16(18)19/h4-6H,1-3,10H2,(H3,11,12,15)(H,13,14,17)/t6-/m0/s1. The van der Waals surface area contributed by atoms with Crippen LogP contribution in [0.5, 0.6) is 0 Å². The molecule has 0 saturated carbocycles. The van der Waals surface area contributed by atoms with Crippen LogP contribution in [-0.4, -0.2) is 34.5 Å². The van der Waals surface area contributed by atoms with E-state index in [-0.39, 0.29) is 18.4 Å². The first kappa shape index (κ1) is 15.8. The number of hydrogen-bond donors (Lipinski definition) is 4. The van der Waals surface area contributed by atoms with Crippen LogP contribution in [0.2, 0.25) is 0 Å². The molecule has 0 aliphatic heterocycles. The van der Waals surface area contributed by atoms with Crippen LogP contribution < -0.4 is 22.2 Å². The first-order valence-electron chi connectivity index (χ1n) is 5.66. The molecule has 0 spiro atoms. The number of thiazole rings is 1. The van der Waals surface area contributed by atoms with Gasteiger partial charge in [-0.15, -0.1) is 11.3 Å². The Bertz CT molecular complexity index is 476. The summed E-state index contributed by atoms with van der Waals surface area (Å²) in [7, 11) is 0. The summed E-state index contributed by atoms with van der Waals surface area (Å²) in [5.74, 6) is -0.615. The van der Waals surface area contributed by atoms with E-state index in [9.17, 15) is 14.9 Å². The summed E-state index contributed by atoms with van der Waals surface area (Å²) < 4.78 is 0. The molecule has 0 saturated heterocycles. The molecule has 0 fully saturated rings. The summed E-state index contributed by atoms with van der Waals surface area (Å²) in [6.07, 6.45) is 2.44. The topological polar surface area (TPSA) is 162 Å². The molecule has 6 N–H and O–H groups in total. The maximum atomic E-state index is 11.7. The number of aliphatic imine (C=N–C) groups is 1. The molecule has 110 valence electrons. The van der Waals surface area contributed by atoms with E-state index in [4.69, 9.17) is 11.5 Å². The van der Waals surface area contributed by atoms with Gasteiger partial charge in [0.15, 0.2) is 10.2 Å². The minimum Gasteiger partial charge on any atom is -0.365 e. The van der Waals surface area contributed by atoms with Gasteiger partial charge in [-0.25, -0.2) is 20.1 Å². The third-order valence-electron chi connectivity index (χ3n) is 2.16. The smallest absolute Gasteiger partial charge is 0.251 e. The molecule has 0 bridgehead atoms. The summed E-state index contributed by atoms with van der Waals surface area (Å²) in [5.41, 5.74) is 12.6. The van der Waals surface area contributed by atoms with E-state index in [1.54, 1.807) is 17.0 Å². The number of carbonyl (C=O) groups is 1. The number of nitrogens with zero attached hydrogens (tertiary/aromatic N) is 3. The molecule has 0 aromatic carbocycles. The third kappa shape index (κ3) is 6.06. The molecule has 20 heavy (non-hydrogen) atoms. The van der Waals surface area contributed by atoms with Crippen molar-refractivity contribution in [3.63, 3.8) is 0 Å². The Labute approximate surface area is 118 Å². The molecular formula is C9H15N7O3S. The van der Waals surface area contributed by atoms with Gasteiger partial charge in [-0.05, 0) is 12.8 Å². The van der Waals surface area contributed by atoms with E-state index in [2.05, 4.69) is 15.3 Å². The Balaban J connectivity index is 2.24. The second-order valence-corrected chi connectivity index (χ2v) is 4.61. The molecule has 1 rings (SSSR count). The average molecular weight is 301 g/mol. The molecule has 1 heterocycles. The maximum absolute atomic E-state index is 11.7. The number of guanidine groups is 1. The molecule has 0 aliphatic carbocycles. The molecular weight excluding hydrogens is 286 g/mol. The van der Waals surface area contributed by atoms with Crippen LogP contribution in [-0.2, 0) is 4.79 Å². The SMILES string of the molecule is NC(=NCCC[C@H](N)C(=O)Nc1nccs1)N[N+](=O)[O-]. The van der Waals surface area contributed by atoms with Crippen molar-refractivity contribution in [2.24, 2.45) is 16.5 Å². The highest BCUT2D eigenvalue weighted by molar-refractivity contribution is 7.13. The molecule has 1 aromatic rings. The van der Waals surface area contributed by atoms with Gasteiger partial charge >= 0.3 is 0 Å². The van der Waals surface area contributed by atoms with Crippen molar-refractivity contribution in [1.82, 2.24) is 10.4 Å². The molecule has 1 amide bonds. The van der Waals surface area contributed by atoms with Gasteiger partial charge in [0.05, 0.1) is 6.04 Å². The number of nitro groups is 1. The van der Waals surface area contributed by atoms with Crippen LogP contribution in [0.4, 0.5) is 5.13 Å². The second-order valence-electron chi connectivity index (χ2n) is 3.71. The summed E-state index contributed by atoms with van der Waals surface area (Å²) in [5, 5.41) is 14.1. The molecule has 0 unspecified atom stereocenters. The number of amides is 1. The van der Waals surface area contributed by atoms with Crippen molar-refractivity contribution in [1.29, 1.82) is 0 Å². The minimum atomic E-state index is -0.800. The van der Waals surface area contributed by atoms with Crippen molar-refractivity contribution in [3.8, 4) is 0 Å². The second kappa shape index (κ2) is 8.01. The van der Waals surface area contributed by atoms with E-state index in [1.807, 2.05) is 0 Å². The summed E-state index contributed by atoms with van der Waals surface area (Å²) in [6, 6.07) is -0.696. The molecule has 1 atom stereocenters. The Morgan fingerprint density at radius 2 is 2.40 bits per heavy atom. The zero-order chi connectivity index (χ0) is 15.0. The fourth-order valence-corrected chi connectivity index (χ4v) is 1.79. The number of anilines is 1. The average Bonchev–Trinajstić information content (AvgIpc) is 2.86. The lowest BCUT2D eigenvalue weighted by atomic mass is 10.1. The Morgan fingerprint density at radius 1 is 1.65 bits per heavy atom. The van der Waals surface area contributed by atoms with Crippen LogP contribution in [0.1, 0.15) is 12.8 Å². The van der Waals surface area contributed by atoms with Gasteiger partial charge in [0.25, 0.3) is 5.96 Å². The normalized spacial score (nSPS) is 12.8. The van der Waals surface area contributed by atoms with Crippen molar-refractivity contribution < 1.29 is 9.83 Å². The number of carbonyl (C=O) groups excluding carboxylic acids is 1. The van der Waals surface area contributed by atoms with Crippen molar-refractivity contribution in [3.05, 3.63) is 21.7 Å². The lowest BCUT2D eigenvalue weighted by Crippen LogP contribution is -2.37. The highest BCUT2D eigenvalue weighted by Crippen LogP contribution is 2.10. The highest BCUT2D eigenvalue weighted by Gasteiger charge is 2.13. The number of nitrogens with two attached hydrogens (primary N) is 2.